The number of amides is 1. The van der Waals surface area contributed by atoms with Crippen LogP contribution in [0.1, 0.15) is 16.1 Å². The Labute approximate surface area is 175 Å². The molecule has 0 aliphatic carbocycles. The fourth-order valence-corrected chi connectivity index (χ4v) is 3.11. The molecule has 0 saturated heterocycles. The highest BCUT2D eigenvalue weighted by molar-refractivity contribution is 9.10. The maximum absolute atomic E-state index is 12.7. The van der Waals surface area contributed by atoms with Crippen molar-refractivity contribution in [2.45, 2.75) is 6.54 Å². The highest BCUT2D eigenvalue weighted by atomic mass is 79.9. The van der Waals surface area contributed by atoms with Gasteiger partial charge in [0, 0.05) is 33.9 Å². The first kappa shape index (κ1) is 20.5. The molecule has 2 aromatic carbocycles. The average Bonchev–Trinajstić information content (AvgIpc) is 3.08. The summed E-state index contributed by atoms with van der Waals surface area (Å²) in [4.78, 5) is 12.7. The molecule has 29 heavy (non-hydrogen) atoms. The molecule has 0 aliphatic rings. The quantitative estimate of drug-likeness (QED) is 0.555. The smallest absolute Gasteiger partial charge is 0.280 e. The Bertz CT molecular complexity index is 1020. The number of methoxy groups -OCH3 is 3. The van der Waals surface area contributed by atoms with E-state index in [0.29, 0.717) is 29.5 Å². The van der Waals surface area contributed by atoms with E-state index < -0.39 is 5.91 Å². The number of ether oxygens (including phenoxy) is 3. The van der Waals surface area contributed by atoms with Crippen molar-refractivity contribution >= 4 is 33.3 Å². The van der Waals surface area contributed by atoms with Crippen LogP contribution in [-0.4, -0.2) is 42.2 Å². The molecule has 0 unspecified atom stereocenters. The summed E-state index contributed by atoms with van der Waals surface area (Å²) < 4.78 is 18.1. The van der Waals surface area contributed by atoms with Crippen LogP contribution in [0.15, 0.2) is 40.9 Å². The molecule has 0 fully saturated rings. The minimum Gasteiger partial charge on any atom is -0.497 e. The van der Waals surface area contributed by atoms with Crippen LogP contribution in [-0.2, 0) is 6.54 Å². The Morgan fingerprint density at radius 2 is 1.79 bits per heavy atom. The number of nitrogens with two attached hydrogens (primary N) is 1. The highest BCUT2D eigenvalue weighted by Gasteiger charge is 2.19. The van der Waals surface area contributed by atoms with E-state index in [9.17, 15) is 4.79 Å². The molecular formula is C19H20BrN5O4. The van der Waals surface area contributed by atoms with Crippen molar-refractivity contribution in [1.82, 2.24) is 15.0 Å². The van der Waals surface area contributed by atoms with Crippen LogP contribution in [0.5, 0.6) is 17.2 Å². The number of halogens is 1. The largest absolute Gasteiger partial charge is 0.497 e. The molecule has 0 spiro atoms. The number of carbonyl (C=O) groups excluding carboxylic acids is 1. The maximum Gasteiger partial charge on any atom is 0.280 e. The Balaban J connectivity index is 1.82. The van der Waals surface area contributed by atoms with Crippen molar-refractivity contribution < 1.29 is 19.0 Å². The van der Waals surface area contributed by atoms with Crippen molar-refractivity contribution in [3.63, 3.8) is 0 Å². The van der Waals surface area contributed by atoms with Gasteiger partial charge in [-0.05, 0) is 18.2 Å². The van der Waals surface area contributed by atoms with Crippen LogP contribution in [0.25, 0.3) is 0 Å². The van der Waals surface area contributed by atoms with E-state index in [1.54, 1.807) is 25.3 Å². The molecular weight excluding hydrogens is 442 g/mol. The topological polar surface area (TPSA) is 114 Å². The number of rotatable bonds is 7. The number of hydrogen-bond acceptors (Lipinski definition) is 7. The van der Waals surface area contributed by atoms with Gasteiger partial charge in [0.05, 0.1) is 27.9 Å². The van der Waals surface area contributed by atoms with E-state index in [1.807, 2.05) is 18.2 Å². The number of aromatic nitrogens is 3. The van der Waals surface area contributed by atoms with E-state index in [2.05, 4.69) is 31.6 Å². The van der Waals surface area contributed by atoms with Gasteiger partial charge in [-0.25, -0.2) is 4.68 Å². The average molecular weight is 462 g/mol. The standard InChI is InChI=1S/C19H20BrN5O4/c1-27-14-7-13(8-15(9-14)28-2)22-19(26)17-18(21)25(24-23-17)10-11-6-12(20)4-5-16(11)29-3/h4-9H,10,21H2,1-3H3,(H,22,26). The number of hydrogen-bond donors (Lipinski definition) is 2. The Morgan fingerprint density at radius 1 is 1.10 bits per heavy atom. The van der Waals surface area contributed by atoms with Crippen LogP contribution in [0.2, 0.25) is 0 Å². The minimum atomic E-state index is -0.495. The van der Waals surface area contributed by atoms with Crippen LogP contribution in [0.3, 0.4) is 0 Å². The third kappa shape index (κ3) is 4.60. The summed E-state index contributed by atoms with van der Waals surface area (Å²) in [6.45, 7) is 0.293. The minimum absolute atomic E-state index is 0.0146. The van der Waals surface area contributed by atoms with Gasteiger partial charge in [0.2, 0.25) is 0 Å². The first-order valence-corrected chi connectivity index (χ1v) is 9.30. The normalized spacial score (nSPS) is 10.5. The maximum atomic E-state index is 12.7. The second-order valence-corrected chi connectivity index (χ2v) is 6.91. The first-order chi connectivity index (χ1) is 13.9. The second-order valence-electron chi connectivity index (χ2n) is 5.99. The van der Waals surface area contributed by atoms with Crippen molar-refractivity contribution in [3.05, 3.63) is 52.1 Å². The summed E-state index contributed by atoms with van der Waals surface area (Å²) in [7, 11) is 4.64. The van der Waals surface area contributed by atoms with E-state index in [4.69, 9.17) is 19.9 Å². The van der Waals surface area contributed by atoms with Crippen molar-refractivity contribution in [2.75, 3.05) is 32.4 Å². The van der Waals surface area contributed by atoms with Crippen molar-refractivity contribution in [1.29, 1.82) is 0 Å². The van der Waals surface area contributed by atoms with Gasteiger partial charge in [-0.2, -0.15) is 0 Å². The summed E-state index contributed by atoms with van der Waals surface area (Å²) in [5, 5.41) is 10.7. The lowest BCUT2D eigenvalue weighted by molar-refractivity contribution is 0.102. The summed E-state index contributed by atoms with van der Waals surface area (Å²) in [6, 6.07) is 10.6. The summed E-state index contributed by atoms with van der Waals surface area (Å²) in [5.41, 5.74) is 7.45. The molecule has 0 aliphatic heterocycles. The Hall–Kier alpha value is -3.27. The van der Waals surface area contributed by atoms with Crippen LogP contribution < -0.4 is 25.3 Å². The predicted molar refractivity (Wildman–Crippen MR) is 112 cm³/mol. The zero-order valence-electron chi connectivity index (χ0n) is 16.1. The molecule has 1 aromatic heterocycles. The lowest BCUT2D eigenvalue weighted by Crippen LogP contribution is -2.15. The molecule has 0 radical (unpaired) electrons. The fourth-order valence-electron chi connectivity index (χ4n) is 2.70. The molecule has 3 aromatic rings. The number of carbonyl (C=O) groups is 1. The van der Waals surface area contributed by atoms with Gasteiger partial charge >= 0.3 is 0 Å². The number of nitrogens with zero attached hydrogens (tertiary/aromatic N) is 3. The highest BCUT2D eigenvalue weighted by Crippen LogP contribution is 2.27. The van der Waals surface area contributed by atoms with Crippen LogP contribution in [0.4, 0.5) is 11.5 Å². The molecule has 1 heterocycles. The van der Waals surface area contributed by atoms with Gasteiger partial charge in [-0.3, -0.25) is 4.79 Å². The SMILES string of the molecule is COc1cc(NC(=O)c2nnn(Cc3cc(Br)ccc3OC)c2N)cc(OC)c1. The molecule has 1 amide bonds. The van der Waals surface area contributed by atoms with E-state index >= 15 is 0 Å². The third-order valence-corrected chi connectivity index (χ3v) is 4.65. The van der Waals surface area contributed by atoms with E-state index in [-0.39, 0.29) is 11.5 Å². The van der Waals surface area contributed by atoms with E-state index in [0.717, 1.165) is 10.0 Å². The van der Waals surface area contributed by atoms with Gasteiger partial charge in [0.25, 0.3) is 5.91 Å². The lowest BCUT2D eigenvalue weighted by atomic mass is 10.2. The summed E-state index contributed by atoms with van der Waals surface area (Å²) >= 11 is 3.43. The van der Waals surface area contributed by atoms with Crippen LogP contribution in [0, 0.1) is 0 Å². The molecule has 0 bridgehead atoms. The zero-order valence-corrected chi connectivity index (χ0v) is 17.7. The molecule has 9 nitrogen and oxygen atoms in total. The molecule has 152 valence electrons. The van der Waals surface area contributed by atoms with Gasteiger partial charge in [-0.1, -0.05) is 21.1 Å². The van der Waals surface area contributed by atoms with Crippen molar-refractivity contribution in [2.24, 2.45) is 0 Å². The Kier molecular flexibility index (Phi) is 6.23. The number of nitrogens with one attached hydrogen (secondary N) is 1. The molecule has 10 heteroatoms. The van der Waals surface area contributed by atoms with Gasteiger partial charge < -0.3 is 25.3 Å². The van der Waals surface area contributed by atoms with Crippen LogP contribution >= 0.6 is 15.9 Å². The molecule has 0 atom stereocenters. The predicted octanol–water partition coefficient (Wildman–Crippen LogP) is 2.95. The van der Waals surface area contributed by atoms with Crippen molar-refractivity contribution in [3.8, 4) is 17.2 Å². The number of nitrogen functional groups attached to an aromatic ring is 1. The summed E-state index contributed by atoms with van der Waals surface area (Å²) in [5.74, 6) is 1.40. The Morgan fingerprint density at radius 3 is 2.41 bits per heavy atom. The molecule has 0 saturated carbocycles. The van der Waals surface area contributed by atoms with Gasteiger partial charge in [0.1, 0.15) is 17.2 Å². The zero-order chi connectivity index (χ0) is 21.0. The van der Waals surface area contributed by atoms with Gasteiger partial charge in [0.15, 0.2) is 11.5 Å². The molecule has 3 rings (SSSR count). The third-order valence-electron chi connectivity index (χ3n) is 4.16. The second kappa shape index (κ2) is 8.82. The van der Waals surface area contributed by atoms with Gasteiger partial charge in [-0.15, -0.1) is 5.10 Å². The summed E-state index contributed by atoms with van der Waals surface area (Å²) in [6.07, 6.45) is 0. The monoisotopic (exact) mass is 461 g/mol. The first-order valence-electron chi connectivity index (χ1n) is 8.51. The fraction of sp³-hybridized carbons (Fsp3) is 0.211. The number of benzene rings is 2. The molecule has 3 N–H and O–H groups in total. The number of anilines is 2. The van der Waals surface area contributed by atoms with E-state index in [1.165, 1.54) is 18.9 Å². The lowest BCUT2D eigenvalue weighted by Gasteiger charge is -2.10.